The van der Waals surface area contributed by atoms with E-state index in [1.54, 1.807) is 12.2 Å². The van der Waals surface area contributed by atoms with E-state index in [0.717, 1.165) is 6.42 Å². The van der Waals surface area contributed by atoms with Crippen molar-refractivity contribution >= 4 is 12.0 Å². The van der Waals surface area contributed by atoms with Gasteiger partial charge in [0.2, 0.25) is 0 Å². The molecule has 1 rings (SSSR count). The lowest BCUT2D eigenvalue weighted by atomic mass is 10.2. The van der Waals surface area contributed by atoms with Crippen LogP contribution in [0.1, 0.15) is 12.8 Å². The predicted octanol–water partition coefficient (Wildman–Crippen LogP) is 1.33. The molecule has 1 aliphatic heterocycles. The van der Waals surface area contributed by atoms with Gasteiger partial charge in [0.1, 0.15) is 6.04 Å². The van der Waals surface area contributed by atoms with Crippen molar-refractivity contribution in [1.82, 2.24) is 9.80 Å². The molecule has 1 N–H and O–H groups in total. The van der Waals surface area contributed by atoms with E-state index in [-0.39, 0.29) is 6.03 Å². The van der Waals surface area contributed by atoms with Gasteiger partial charge in [-0.25, -0.2) is 9.59 Å². The number of aliphatic carboxylic acids is 1. The summed E-state index contributed by atoms with van der Waals surface area (Å²) < 4.78 is 0. The van der Waals surface area contributed by atoms with Gasteiger partial charge >= 0.3 is 12.0 Å². The van der Waals surface area contributed by atoms with Crippen molar-refractivity contribution in [3.63, 3.8) is 0 Å². The molecular weight excluding hydrogens is 220 g/mol. The average Bonchev–Trinajstić information content (AvgIpc) is 2.76. The second kappa shape index (κ2) is 6.08. The molecule has 1 heterocycles. The van der Waals surface area contributed by atoms with Crippen LogP contribution in [-0.2, 0) is 4.79 Å². The first-order valence-corrected chi connectivity index (χ1v) is 5.62. The van der Waals surface area contributed by atoms with E-state index in [1.807, 2.05) is 0 Å². The predicted molar refractivity (Wildman–Crippen MR) is 64.7 cm³/mol. The van der Waals surface area contributed by atoms with E-state index >= 15 is 0 Å². The summed E-state index contributed by atoms with van der Waals surface area (Å²) in [5.74, 6) is -0.937. The van der Waals surface area contributed by atoms with Gasteiger partial charge in [0.15, 0.2) is 0 Å². The van der Waals surface area contributed by atoms with E-state index in [4.69, 9.17) is 5.11 Å². The minimum Gasteiger partial charge on any atom is -0.480 e. The summed E-state index contributed by atoms with van der Waals surface area (Å²) in [6, 6.07) is -0.950. The van der Waals surface area contributed by atoms with Crippen molar-refractivity contribution in [2.24, 2.45) is 0 Å². The maximum atomic E-state index is 12.1. The Hall–Kier alpha value is -1.78. The molecule has 2 amide bonds. The summed E-state index contributed by atoms with van der Waals surface area (Å²) in [6.07, 6.45) is 4.50. The first-order valence-electron chi connectivity index (χ1n) is 5.62. The number of rotatable bonds is 5. The SMILES string of the molecule is C=CCN(CC=C)C(=O)N1CCCC1C(=O)O. The van der Waals surface area contributed by atoms with Crippen molar-refractivity contribution in [2.45, 2.75) is 18.9 Å². The van der Waals surface area contributed by atoms with Crippen LogP contribution in [0.2, 0.25) is 0 Å². The molecular formula is C12H18N2O3. The molecule has 0 aromatic heterocycles. The quantitative estimate of drug-likeness (QED) is 0.735. The number of hydrogen-bond donors (Lipinski definition) is 1. The van der Waals surface area contributed by atoms with Crippen LogP contribution < -0.4 is 0 Å². The molecule has 0 spiro atoms. The van der Waals surface area contributed by atoms with Crippen LogP contribution in [0, 0.1) is 0 Å². The zero-order valence-electron chi connectivity index (χ0n) is 9.84. The standard InChI is InChI=1S/C12H18N2O3/c1-3-7-13(8-4-2)12(17)14-9-5-6-10(14)11(15)16/h3-4,10H,1-2,5-9H2,(H,15,16). The maximum Gasteiger partial charge on any atom is 0.326 e. The minimum absolute atomic E-state index is 0.255. The van der Waals surface area contributed by atoms with Crippen molar-refractivity contribution in [2.75, 3.05) is 19.6 Å². The molecule has 0 aromatic rings. The van der Waals surface area contributed by atoms with Crippen LogP contribution in [0.25, 0.3) is 0 Å². The van der Waals surface area contributed by atoms with Crippen molar-refractivity contribution in [3.8, 4) is 0 Å². The van der Waals surface area contributed by atoms with E-state index < -0.39 is 12.0 Å². The summed E-state index contributed by atoms with van der Waals surface area (Å²) >= 11 is 0. The number of carboxylic acids is 1. The number of likely N-dealkylation sites (tertiary alicyclic amines) is 1. The third-order valence-corrected chi connectivity index (χ3v) is 2.75. The van der Waals surface area contributed by atoms with E-state index in [1.165, 1.54) is 9.80 Å². The Morgan fingerprint density at radius 1 is 1.35 bits per heavy atom. The third kappa shape index (κ3) is 3.09. The van der Waals surface area contributed by atoms with Gasteiger partial charge in [-0.1, -0.05) is 12.2 Å². The number of urea groups is 1. The lowest BCUT2D eigenvalue weighted by Crippen LogP contribution is -2.48. The van der Waals surface area contributed by atoms with Crippen LogP contribution in [0.15, 0.2) is 25.3 Å². The van der Waals surface area contributed by atoms with Gasteiger partial charge in [0, 0.05) is 19.6 Å². The third-order valence-electron chi connectivity index (χ3n) is 2.75. The fourth-order valence-electron chi connectivity index (χ4n) is 1.98. The topological polar surface area (TPSA) is 60.9 Å². The Morgan fingerprint density at radius 2 is 1.94 bits per heavy atom. The fourth-order valence-corrected chi connectivity index (χ4v) is 1.98. The number of amides is 2. The molecule has 0 radical (unpaired) electrons. The Labute approximate surface area is 101 Å². The Kier molecular flexibility index (Phi) is 4.75. The summed E-state index contributed by atoms with van der Waals surface area (Å²) in [6.45, 7) is 8.46. The Morgan fingerprint density at radius 3 is 2.41 bits per heavy atom. The van der Waals surface area contributed by atoms with Crippen LogP contribution in [-0.4, -0.2) is 52.6 Å². The average molecular weight is 238 g/mol. The molecule has 1 atom stereocenters. The minimum atomic E-state index is -0.937. The van der Waals surface area contributed by atoms with Crippen LogP contribution in [0.4, 0.5) is 4.79 Å². The zero-order chi connectivity index (χ0) is 12.8. The van der Waals surface area contributed by atoms with Gasteiger partial charge in [0.25, 0.3) is 0 Å². The number of hydrogen-bond acceptors (Lipinski definition) is 2. The number of carbonyl (C=O) groups is 2. The first-order chi connectivity index (χ1) is 8.11. The highest BCUT2D eigenvalue weighted by Crippen LogP contribution is 2.19. The van der Waals surface area contributed by atoms with Gasteiger partial charge in [-0.05, 0) is 12.8 Å². The summed E-state index contributed by atoms with van der Waals surface area (Å²) in [4.78, 5) is 26.1. The molecule has 5 heteroatoms. The van der Waals surface area contributed by atoms with Crippen molar-refractivity contribution < 1.29 is 14.7 Å². The molecule has 1 saturated heterocycles. The van der Waals surface area contributed by atoms with Crippen LogP contribution in [0.5, 0.6) is 0 Å². The van der Waals surface area contributed by atoms with Crippen molar-refractivity contribution in [3.05, 3.63) is 25.3 Å². The van der Waals surface area contributed by atoms with E-state index in [0.29, 0.717) is 26.1 Å². The van der Waals surface area contributed by atoms with Gasteiger partial charge < -0.3 is 14.9 Å². The maximum absolute atomic E-state index is 12.1. The molecule has 94 valence electrons. The fraction of sp³-hybridized carbons (Fsp3) is 0.500. The molecule has 0 saturated carbocycles. The van der Waals surface area contributed by atoms with Crippen molar-refractivity contribution in [1.29, 1.82) is 0 Å². The van der Waals surface area contributed by atoms with Gasteiger partial charge in [-0.3, -0.25) is 0 Å². The zero-order valence-corrected chi connectivity index (χ0v) is 9.84. The Bertz CT molecular complexity index is 318. The molecule has 0 bridgehead atoms. The molecule has 1 fully saturated rings. The normalized spacial score (nSPS) is 18.8. The molecule has 0 aromatic carbocycles. The summed E-state index contributed by atoms with van der Waals surface area (Å²) in [5.41, 5.74) is 0. The van der Waals surface area contributed by atoms with E-state index in [9.17, 15) is 9.59 Å². The molecule has 1 aliphatic rings. The Balaban J connectivity index is 2.74. The monoisotopic (exact) mass is 238 g/mol. The lowest BCUT2D eigenvalue weighted by Gasteiger charge is -2.28. The molecule has 5 nitrogen and oxygen atoms in total. The number of carbonyl (C=O) groups excluding carboxylic acids is 1. The highest BCUT2D eigenvalue weighted by molar-refractivity contribution is 5.83. The molecule has 1 unspecified atom stereocenters. The highest BCUT2D eigenvalue weighted by Gasteiger charge is 2.35. The van der Waals surface area contributed by atoms with E-state index in [2.05, 4.69) is 13.2 Å². The van der Waals surface area contributed by atoms with Gasteiger partial charge in [0.05, 0.1) is 0 Å². The number of carboxylic acid groups (broad SMARTS) is 1. The van der Waals surface area contributed by atoms with Crippen LogP contribution >= 0.6 is 0 Å². The van der Waals surface area contributed by atoms with Gasteiger partial charge in [-0.15, -0.1) is 13.2 Å². The molecule has 17 heavy (non-hydrogen) atoms. The first kappa shape index (κ1) is 13.3. The largest absolute Gasteiger partial charge is 0.480 e. The van der Waals surface area contributed by atoms with Gasteiger partial charge in [-0.2, -0.15) is 0 Å². The second-order valence-electron chi connectivity index (χ2n) is 3.95. The number of nitrogens with zero attached hydrogens (tertiary/aromatic N) is 2. The summed E-state index contributed by atoms with van der Waals surface area (Å²) in [7, 11) is 0. The smallest absolute Gasteiger partial charge is 0.326 e. The highest BCUT2D eigenvalue weighted by atomic mass is 16.4. The second-order valence-corrected chi connectivity index (χ2v) is 3.95. The summed E-state index contributed by atoms with van der Waals surface area (Å²) in [5, 5.41) is 9.02. The molecule has 0 aliphatic carbocycles. The lowest BCUT2D eigenvalue weighted by molar-refractivity contribution is -0.141. The van der Waals surface area contributed by atoms with Crippen LogP contribution in [0.3, 0.4) is 0 Å².